The standard InChI is InChI=1S/C25H24N2O3/c1-5-26-16-7-10-19-22(13-16)30-23-14-17(27(3)4)8-11-20(23)24(19)18-9-6-15(2)12-21(18)25(28)29/h6-14H,5H2,1-4H3,(H,28,29)/p-1. The maximum absolute atomic E-state index is 11.9. The van der Waals surface area contributed by atoms with E-state index in [4.69, 9.17) is 4.42 Å². The summed E-state index contributed by atoms with van der Waals surface area (Å²) in [5.41, 5.74) is 4.98. The van der Waals surface area contributed by atoms with Gasteiger partial charge in [0, 0.05) is 60.5 Å². The number of hydrogen-bond acceptors (Lipinski definition) is 5. The van der Waals surface area contributed by atoms with Crippen molar-refractivity contribution in [3.8, 4) is 22.5 Å². The first-order valence-electron chi connectivity index (χ1n) is 9.90. The molecule has 30 heavy (non-hydrogen) atoms. The van der Waals surface area contributed by atoms with Gasteiger partial charge in [0.25, 0.3) is 0 Å². The van der Waals surface area contributed by atoms with E-state index in [1.807, 2.05) is 81.4 Å². The molecule has 0 amide bonds. The zero-order chi connectivity index (χ0) is 21.4. The Balaban J connectivity index is 2.16. The summed E-state index contributed by atoms with van der Waals surface area (Å²) in [5.74, 6) is -0.536. The minimum Gasteiger partial charge on any atom is -0.545 e. The van der Waals surface area contributed by atoms with Crippen molar-refractivity contribution in [3.05, 3.63) is 71.1 Å². The molecular weight excluding hydrogens is 376 g/mol. The number of benzene rings is 3. The first-order valence-corrected chi connectivity index (χ1v) is 9.90. The third-order valence-corrected chi connectivity index (χ3v) is 5.21. The molecule has 1 aliphatic carbocycles. The number of carboxylic acids is 1. The topological polar surface area (TPSA) is 68.9 Å². The molecule has 2 aliphatic rings. The lowest BCUT2D eigenvalue weighted by molar-refractivity contribution is -0.254. The van der Waals surface area contributed by atoms with Gasteiger partial charge in [0.05, 0.1) is 11.3 Å². The molecule has 0 bridgehead atoms. The summed E-state index contributed by atoms with van der Waals surface area (Å²) in [6, 6.07) is 17.1. The highest BCUT2D eigenvalue weighted by Gasteiger charge is 2.20. The van der Waals surface area contributed by atoms with Crippen LogP contribution in [-0.2, 0) is 0 Å². The molecule has 5 nitrogen and oxygen atoms in total. The Morgan fingerprint density at radius 2 is 1.80 bits per heavy atom. The normalized spacial score (nSPS) is 11.9. The van der Waals surface area contributed by atoms with Crippen LogP contribution in [0.1, 0.15) is 22.8 Å². The van der Waals surface area contributed by atoms with Crippen LogP contribution in [0, 0.1) is 6.92 Å². The SMILES string of the molecule is CCN=c1ccc2c(-c3ccc(C)cc3C(=O)[O-])c3ccc(N(C)C)cc3oc-2c1. The van der Waals surface area contributed by atoms with Gasteiger partial charge >= 0.3 is 0 Å². The summed E-state index contributed by atoms with van der Waals surface area (Å²) >= 11 is 0. The minimum absolute atomic E-state index is 0.169. The van der Waals surface area contributed by atoms with Crippen molar-refractivity contribution in [1.29, 1.82) is 0 Å². The van der Waals surface area contributed by atoms with Gasteiger partial charge in [-0.25, -0.2) is 0 Å². The Morgan fingerprint density at radius 3 is 2.50 bits per heavy atom. The van der Waals surface area contributed by atoms with Gasteiger partial charge in [-0.15, -0.1) is 0 Å². The zero-order valence-corrected chi connectivity index (χ0v) is 17.5. The van der Waals surface area contributed by atoms with Crippen LogP contribution in [0.5, 0.6) is 0 Å². The Bertz CT molecular complexity index is 1300. The number of aromatic carboxylic acids is 1. The van der Waals surface area contributed by atoms with Crippen molar-refractivity contribution < 1.29 is 14.3 Å². The highest BCUT2D eigenvalue weighted by molar-refractivity contribution is 6.07. The van der Waals surface area contributed by atoms with Crippen molar-refractivity contribution >= 4 is 22.6 Å². The number of anilines is 1. The summed E-state index contributed by atoms with van der Waals surface area (Å²) in [7, 11) is 3.94. The Morgan fingerprint density at radius 1 is 1.03 bits per heavy atom. The summed E-state index contributed by atoms with van der Waals surface area (Å²) < 4.78 is 6.26. The molecule has 0 spiro atoms. The van der Waals surface area contributed by atoms with Gasteiger partial charge < -0.3 is 19.2 Å². The lowest BCUT2D eigenvalue weighted by atomic mass is 9.90. The van der Waals surface area contributed by atoms with E-state index in [-0.39, 0.29) is 5.56 Å². The third-order valence-electron chi connectivity index (χ3n) is 5.21. The monoisotopic (exact) mass is 399 g/mol. The molecule has 0 aromatic heterocycles. The molecule has 2 aromatic carbocycles. The fraction of sp³-hybridized carbons (Fsp3) is 0.200. The molecule has 0 saturated carbocycles. The predicted octanol–water partition coefficient (Wildman–Crippen LogP) is 3.86. The number of nitrogens with zero attached hydrogens (tertiary/aromatic N) is 2. The van der Waals surface area contributed by atoms with Crippen LogP contribution in [0.15, 0.2) is 64.0 Å². The van der Waals surface area contributed by atoms with Crippen molar-refractivity contribution in [2.45, 2.75) is 13.8 Å². The lowest BCUT2D eigenvalue weighted by Gasteiger charge is -2.20. The first kappa shape index (κ1) is 19.7. The molecule has 152 valence electrons. The molecule has 4 rings (SSSR count). The predicted molar refractivity (Wildman–Crippen MR) is 118 cm³/mol. The fourth-order valence-corrected chi connectivity index (χ4v) is 3.76. The Kier molecular flexibility index (Phi) is 5.04. The Hall–Kier alpha value is -3.60. The second kappa shape index (κ2) is 7.67. The lowest BCUT2D eigenvalue weighted by Crippen LogP contribution is -2.23. The third kappa shape index (κ3) is 3.43. The van der Waals surface area contributed by atoms with E-state index in [9.17, 15) is 9.90 Å². The molecule has 1 heterocycles. The average Bonchev–Trinajstić information content (AvgIpc) is 2.72. The molecule has 1 aliphatic heterocycles. The quantitative estimate of drug-likeness (QED) is 0.489. The van der Waals surface area contributed by atoms with Crippen LogP contribution in [-0.4, -0.2) is 26.6 Å². The van der Waals surface area contributed by atoms with Gasteiger partial charge in [0.1, 0.15) is 11.3 Å². The summed E-state index contributed by atoms with van der Waals surface area (Å²) in [4.78, 5) is 18.4. The summed E-state index contributed by atoms with van der Waals surface area (Å²) in [6.45, 7) is 4.52. The number of rotatable bonds is 4. The first-order chi connectivity index (χ1) is 14.4. The summed E-state index contributed by atoms with van der Waals surface area (Å²) in [5, 5.41) is 13.6. The highest BCUT2D eigenvalue weighted by atomic mass is 16.4. The number of fused-ring (bicyclic) bond motifs is 2. The van der Waals surface area contributed by atoms with Crippen LogP contribution in [0.2, 0.25) is 0 Å². The van der Waals surface area contributed by atoms with E-state index in [2.05, 4.69) is 4.99 Å². The molecule has 0 atom stereocenters. The van der Waals surface area contributed by atoms with Gasteiger partial charge in [-0.2, -0.15) is 0 Å². The molecule has 0 saturated heterocycles. The second-order valence-corrected chi connectivity index (χ2v) is 7.54. The molecule has 2 aromatic rings. The molecule has 5 heteroatoms. The van der Waals surface area contributed by atoms with Crippen LogP contribution in [0.25, 0.3) is 33.4 Å². The number of aryl methyl sites for hydroxylation is 1. The van der Waals surface area contributed by atoms with Gasteiger partial charge in [-0.05, 0) is 49.7 Å². The van der Waals surface area contributed by atoms with E-state index < -0.39 is 5.97 Å². The summed E-state index contributed by atoms with van der Waals surface area (Å²) in [6.07, 6.45) is 0. The maximum Gasteiger partial charge on any atom is 0.137 e. The average molecular weight is 399 g/mol. The molecule has 0 radical (unpaired) electrons. The number of carbonyl (C=O) groups excluding carboxylic acids is 1. The van der Waals surface area contributed by atoms with E-state index in [1.54, 1.807) is 6.07 Å². The van der Waals surface area contributed by atoms with Crippen molar-refractivity contribution in [2.75, 3.05) is 25.5 Å². The number of hydrogen-bond donors (Lipinski definition) is 0. The van der Waals surface area contributed by atoms with Crippen LogP contribution < -0.4 is 15.4 Å². The molecule has 0 N–H and O–H groups in total. The van der Waals surface area contributed by atoms with Crippen molar-refractivity contribution in [2.24, 2.45) is 4.99 Å². The number of carbonyl (C=O) groups is 1. The van der Waals surface area contributed by atoms with Gasteiger partial charge in [0.2, 0.25) is 0 Å². The van der Waals surface area contributed by atoms with Crippen LogP contribution in [0.4, 0.5) is 5.69 Å². The Labute approximate surface area is 175 Å². The van der Waals surface area contributed by atoms with Crippen molar-refractivity contribution in [3.63, 3.8) is 0 Å². The minimum atomic E-state index is -1.20. The van der Waals surface area contributed by atoms with Gasteiger partial charge in [0.15, 0.2) is 0 Å². The molecule has 0 unspecified atom stereocenters. The van der Waals surface area contributed by atoms with Gasteiger partial charge in [-0.1, -0.05) is 17.7 Å². The highest BCUT2D eigenvalue weighted by Crippen LogP contribution is 2.42. The second-order valence-electron chi connectivity index (χ2n) is 7.54. The molecular formula is C25H23N2O3-. The molecule has 0 fully saturated rings. The smallest absolute Gasteiger partial charge is 0.137 e. The zero-order valence-electron chi connectivity index (χ0n) is 17.5. The van der Waals surface area contributed by atoms with E-state index in [1.165, 1.54) is 0 Å². The van der Waals surface area contributed by atoms with E-state index in [0.717, 1.165) is 33.1 Å². The van der Waals surface area contributed by atoms with Gasteiger partial charge in [-0.3, -0.25) is 4.99 Å². The van der Waals surface area contributed by atoms with Crippen molar-refractivity contribution in [1.82, 2.24) is 0 Å². The largest absolute Gasteiger partial charge is 0.545 e. The van der Waals surface area contributed by atoms with Crippen LogP contribution in [0.3, 0.4) is 0 Å². The van der Waals surface area contributed by atoms with Crippen LogP contribution >= 0.6 is 0 Å². The van der Waals surface area contributed by atoms with E-state index in [0.29, 0.717) is 23.5 Å². The maximum atomic E-state index is 11.9. The number of carboxylic acid groups (broad SMARTS) is 1. The fourth-order valence-electron chi connectivity index (χ4n) is 3.76. The van der Waals surface area contributed by atoms with E-state index >= 15 is 0 Å².